The van der Waals surface area contributed by atoms with Crippen LogP contribution < -0.4 is 14.5 Å². The molecule has 2 aromatic heterocycles. The number of hydrogen-bond acceptors (Lipinski definition) is 5. The highest BCUT2D eigenvalue weighted by Crippen LogP contribution is 2.34. The number of ether oxygens (including phenoxy) is 1. The molecule has 1 aromatic carbocycles. The predicted molar refractivity (Wildman–Crippen MR) is 107 cm³/mol. The summed E-state index contributed by atoms with van der Waals surface area (Å²) in [5.74, 6) is 1.30. The van der Waals surface area contributed by atoms with Gasteiger partial charge in [-0.05, 0) is 30.7 Å². The van der Waals surface area contributed by atoms with Crippen molar-refractivity contribution in [3.8, 4) is 11.4 Å². The Morgan fingerprint density at radius 1 is 1.21 bits per heavy atom. The summed E-state index contributed by atoms with van der Waals surface area (Å²) in [5, 5.41) is 4.58. The molecule has 4 heterocycles. The van der Waals surface area contributed by atoms with Crippen molar-refractivity contribution in [3.63, 3.8) is 0 Å². The number of anilines is 2. The molecule has 2 aliphatic rings. The fraction of sp³-hybridized carbons (Fsp3) is 0.286. The number of aromatic nitrogens is 3. The van der Waals surface area contributed by atoms with Crippen LogP contribution in [0.3, 0.4) is 0 Å². The third-order valence-corrected chi connectivity index (χ3v) is 5.40. The maximum atomic E-state index is 13.4. The average Bonchev–Trinajstić information content (AvgIpc) is 3.44. The van der Waals surface area contributed by atoms with Crippen LogP contribution in [-0.4, -0.2) is 47.0 Å². The van der Waals surface area contributed by atoms with E-state index in [1.165, 1.54) is 0 Å². The number of alkyl halides is 1. The number of methoxy groups -OCH3 is 1. The first-order chi connectivity index (χ1) is 14.1. The third kappa shape index (κ3) is 3.00. The van der Waals surface area contributed by atoms with Crippen LogP contribution in [0.4, 0.5) is 15.9 Å². The summed E-state index contributed by atoms with van der Waals surface area (Å²) in [7, 11) is 1.59. The van der Waals surface area contributed by atoms with Gasteiger partial charge in [0, 0.05) is 12.7 Å². The van der Waals surface area contributed by atoms with E-state index in [0.29, 0.717) is 43.1 Å². The molecule has 0 radical (unpaired) electrons. The van der Waals surface area contributed by atoms with Gasteiger partial charge in [-0.1, -0.05) is 12.1 Å². The molecule has 0 N–H and O–H groups in total. The lowest BCUT2D eigenvalue weighted by Crippen LogP contribution is -2.24. The largest absolute Gasteiger partial charge is 0.495 e. The SMILES string of the molecule is COc1ccccc1N1Cc2nn(-c3ccc(N4CC[C@H](F)C4)nc3)cc2C1=O. The molecule has 29 heavy (non-hydrogen) atoms. The van der Waals surface area contributed by atoms with Gasteiger partial charge in [0.25, 0.3) is 5.91 Å². The third-order valence-electron chi connectivity index (χ3n) is 5.40. The molecule has 0 aliphatic carbocycles. The van der Waals surface area contributed by atoms with E-state index in [9.17, 15) is 9.18 Å². The minimum Gasteiger partial charge on any atom is -0.495 e. The average molecular weight is 393 g/mol. The monoisotopic (exact) mass is 393 g/mol. The van der Waals surface area contributed by atoms with Gasteiger partial charge in [0.2, 0.25) is 0 Å². The summed E-state index contributed by atoms with van der Waals surface area (Å²) in [6.07, 6.45) is 3.19. The molecule has 5 rings (SSSR count). The smallest absolute Gasteiger partial charge is 0.262 e. The zero-order valence-corrected chi connectivity index (χ0v) is 16.0. The minimum absolute atomic E-state index is 0.105. The Bertz CT molecular complexity index is 1070. The van der Waals surface area contributed by atoms with Crippen LogP contribution in [0.15, 0.2) is 48.8 Å². The van der Waals surface area contributed by atoms with E-state index >= 15 is 0 Å². The zero-order valence-electron chi connectivity index (χ0n) is 16.0. The zero-order chi connectivity index (χ0) is 20.0. The number of carbonyl (C=O) groups excluding carboxylic acids is 1. The number of nitrogens with zero attached hydrogens (tertiary/aromatic N) is 5. The number of benzene rings is 1. The molecule has 1 amide bonds. The number of para-hydroxylation sites is 2. The number of halogens is 1. The van der Waals surface area contributed by atoms with Crippen LogP contribution in [0.1, 0.15) is 22.5 Å². The molecular formula is C21H20FN5O2. The van der Waals surface area contributed by atoms with Gasteiger partial charge in [-0.15, -0.1) is 0 Å². The molecule has 0 spiro atoms. The van der Waals surface area contributed by atoms with Gasteiger partial charge in [0.15, 0.2) is 0 Å². The lowest BCUT2D eigenvalue weighted by Gasteiger charge is -2.19. The Balaban J connectivity index is 1.38. The Labute approximate surface area is 167 Å². The number of hydrogen-bond donors (Lipinski definition) is 0. The Hall–Kier alpha value is -3.42. The Morgan fingerprint density at radius 3 is 2.76 bits per heavy atom. The predicted octanol–water partition coefficient (Wildman–Crippen LogP) is 2.98. The first kappa shape index (κ1) is 17.7. The van der Waals surface area contributed by atoms with Crippen LogP contribution >= 0.6 is 0 Å². The van der Waals surface area contributed by atoms with Gasteiger partial charge in [0.1, 0.15) is 17.7 Å². The second kappa shape index (κ2) is 6.88. The summed E-state index contributed by atoms with van der Waals surface area (Å²) < 4.78 is 20.5. The Kier molecular flexibility index (Phi) is 4.19. The van der Waals surface area contributed by atoms with Crippen molar-refractivity contribution in [1.82, 2.24) is 14.8 Å². The van der Waals surface area contributed by atoms with Crippen LogP contribution in [0.5, 0.6) is 5.75 Å². The van der Waals surface area contributed by atoms with Gasteiger partial charge < -0.3 is 9.64 Å². The summed E-state index contributed by atoms with van der Waals surface area (Å²) in [6.45, 7) is 1.45. The fourth-order valence-corrected chi connectivity index (χ4v) is 3.88. The van der Waals surface area contributed by atoms with E-state index in [1.807, 2.05) is 41.3 Å². The van der Waals surface area contributed by atoms with Gasteiger partial charge in [-0.3, -0.25) is 9.69 Å². The molecule has 7 nitrogen and oxygen atoms in total. The van der Waals surface area contributed by atoms with Crippen molar-refractivity contribution in [2.24, 2.45) is 0 Å². The van der Waals surface area contributed by atoms with Crippen LogP contribution in [-0.2, 0) is 6.54 Å². The van der Waals surface area contributed by atoms with Gasteiger partial charge in [-0.2, -0.15) is 5.10 Å². The molecule has 0 bridgehead atoms. The van der Waals surface area contributed by atoms with E-state index in [2.05, 4.69) is 10.1 Å². The minimum atomic E-state index is -0.789. The summed E-state index contributed by atoms with van der Waals surface area (Å²) >= 11 is 0. The summed E-state index contributed by atoms with van der Waals surface area (Å²) in [5.41, 5.74) is 2.77. The second-order valence-corrected chi connectivity index (χ2v) is 7.20. The van der Waals surface area contributed by atoms with E-state index in [4.69, 9.17) is 4.74 Å². The highest BCUT2D eigenvalue weighted by molar-refractivity contribution is 6.10. The molecule has 0 saturated carbocycles. The van der Waals surface area contributed by atoms with E-state index in [-0.39, 0.29) is 5.91 Å². The first-order valence-electron chi connectivity index (χ1n) is 9.53. The van der Waals surface area contributed by atoms with Gasteiger partial charge >= 0.3 is 0 Å². The van der Waals surface area contributed by atoms with Crippen molar-refractivity contribution in [1.29, 1.82) is 0 Å². The molecule has 3 aromatic rings. The topological polar surface area (TPSA) is 63.5 Å². The molecular weight excluding hydrogens is 373 g/mol. The number of carbonyl (C=O) groups is 1. The van der Waals surface area contributed by atoms with Crippen molar-refractivity contribution in [2.45, 2.75) is 19.1 Å². The number of rotatable bonds is 4. The van der Waals surface area contributed by atoms with Crippen LogP contribution in [0.2, 0.25) is 0 Å². The first-order valence-corrected chi connectivity index (χ1v) is 9.53. The normalized spacial score (nSPS) is 18.4. The maximum absolute atomic E-state index is 13.4. The maximum Gasteiger partial charge on any atom is 0.262 e. The lowest BCUT2D eigenvalue weighted by molar-refractivity contribution is 0.0995. The van der Waals surface area contributed by atoms with Gasteiger partial charge in [0.05, 0.1) is 49.0 Å². The standard InChI is InChI=1S/C21H20FN5O2/c1-29-19-5-3-2-4-18(19)26-13-17-16(21(26)28)12-27(24-17)15-6-7-20(23-10-15)25-9-8-14(22)11-25/h2-7,10,12,14H,8-9,11,13H2,1H3/t14-/m0/s1. The highest BCUT2D eigenvalue weighted by Gasteiger charge is 2.33. The van der Waals surface area contributed by atoms with Crippen molar-refractivity contribution in [2.75, 3.05) is 30.0 Å². The molecule has 1 fully saturated rings. The molecule has 1 atom stereocenters. The fourth-order valence-electron chi connectivity index (χ4n) is 3.88. The second-order valence-electron chi connectivity index (χ2n) is 7.20. The van der Waals surface area contributed by atoms with E-state index in [1.54, 1.807) is 29.1 Å². The van der Waals surface area contributed by atoms with E-state index < -0.39 is 6.17 Å². The van der Waals surface area contributed by atoms with Crippen LogP contribution in [0.25, 0.3) is 5.69 Å². The summed E-state index contributed by atoms with van der Waals surface area (Å²) in [4.78, 5) is 21.0. The van der Waals surface area contributed by atoms with Gasteiger partial charge in [-0.25, -0.2) is 14.1 Å². The number of fused-ring (bicyclic) bond motifs is 1. The molecule has 8 heteroatoms. The number of pyridine rings is 1. The van der Waals surface area contributed by atoms with Crippen LogP contribution in [0, 0.1) is 0 Å². The molecule has 1 saturated heterocycles. The molecule has 2 aliphatic heterocycles. The summed E-state index contributed by atoms with van der Waals surface area (Å²) in [6, 6.07) is 11.2. The number of amides is 1. The highest BCUT2D eigenvalue weighted by atomic mass is 19.1. The molecule has 148 valence electrons. The lowest BCUT2D eigenvalue weighted by atomic mass is 10.2. The van der Waals surface area contributed by atoms with Crippen molar-refractivity contribution >= 4 is 17.4 Å². The molecule has 0 unspecified atom stereocenters. The quantitative estimate of drug-likeness (QED) is 0.682. The Morgan fingerprint density at radius 2 is 2.07 bits per heavy atom. The van der Waals surface area contributed by atoms with Crippen molar-refractivity contribution in [3.05, 3.63) is 60.0 Å². The van der Waals surface area contributed by atoms with Crippen molar-refractivity contribution < 1.29 is 13.9 Å². The van der Waals surface area contributed by atoms with E-state index in [0.717, 1.165) is 17.2 Å².